The molecular weight excluding hydrogens is 238 g/mol. The van der Waals surface area contributed by atoms with Gasteiger partial charge in [-0.15, -0.1) is 0 Å². The van der Waals surface area contributed by atoms with Gasteiger partial charge in [0.05, 0.1) is 12.7 Å². The third kappa shape index (κ3) is 5.31. The fraction of sp³-hybridized carbons (Fsp3) is 0.625. The Morgan fingerprint density at radius 3 is 2.74 bits per heavy atom. The molecule has 0 aromatic heterocycles. The van der Waals surface area contributed by atoms with E-state index in [9.17, 15) is 5.11 Å². The second kappa shape index (κ2) is 7.63. The molecule has 1 aromatic carbocycles. The Morgan fingerprint density at radius 2 is 2.05 bits per heavy atom. The first-order chi connectivity index (χ1) is 9.29. The van der Waals surface area contributed by atoms with Crippen LogP contribution in [0.4, 0.5) is 0 Å². The molecule has 106 valence electrons. The number of aryl methyl sites for hydroxylation is 1. The minimum atomic E-state index is -0.410. The molecule has 0 bridgehead atoms. The molecule has 1 saturated carbocycles. The molecule has 2 N–H and O–H groups in total. The molecule has 0 radical (unpaired) electrons. The summed E-state index contributed by atoms with van der Waals surface area (Å²) in [5.74, 6) is 0.761. The van der Waals surface area contributed by atoms with Crippen molar-refractivity contribution in [3.8, 4) is 0 Å². The van der Waals surface area contributed by atoms with Gasteiger partial charge < -0.3 is 15.2 Å². The molecule has 1 aliphatic rings. The second-order valence-corrected chi connectivity index (χ2v) is 5.39. The first-order valence-corrected chi connectivity index (χ1v) is 7.33. The van der Waals surface area contributed by atoms with Crippen molar-refractivity contribution < 1.29 is 9.84 Å². The molecule has 2 rings (SSSR count). The van der Waals surface area contributed by atoms with Crippen LogP contribution in [0.25, 0.3) is 0 Å². The van der Waals surface area contributed by atoms with Gasteiger partial charge in [0.2, 0.25) is 0 Å². The standard InChI is InChI=1S/C16H25NO2/c1-2-14-5-3-4-6-15(14)9-17-10-16(18)12-19-11-13-7-8-13/h3-6,13,16-18H,2,7-12H2,1H3. The highest BCUT2D eigenvalue weighted by molar-refractivity contribution is 5.26. The molecule has 1 aliphatic carbocycles. The van der Waals surface area contributed by atoms with Crippen LogP contribution >= 0.6 is 0 Å². The van der Waals surface area contributed by atoms with Gasteiger partial charge in [-0.05, 0) is 36.3 Å². The molecular formula is C16H25NO2. The molecule has 0 heterocycles. The van der Waals surface area contributed by atoms with E-state index in [4.69, 9.17) is 4.74 Å². The summed E-state index contributed by atoms with van der Waals surface area (Å²) < 4.78 is 5.48. The first kappa shape index (κ1) is 14.5. The van der Waals surface area contributed by atoms with Crippen molar-refractivity contribution in [1.82, 2.24) is 5.32 Å². The zero-order chi connectivity index (χ0) is 13.5. The summed E-state index contributed by atoms with van der Waals surface area (Å²) >= 11 is 0. The molecule has 0 aliphatic heterocycles. The Hall–Kier alpha value is -0.900. The number of hydrogen-bond donors (Lipinski definition) is 2. The van der Waals surface area contributed by atoms with Gasteiger partial charge in [0.25, 0.3) is 0 Å². The minimum Gasteiger partial charge on any atom is -0.389 e. The molecule has 1 aromatic rings. The smallest absolute Gasteiger partial charge is 0.0897 e. The van der Waals surface area contributed by atoms with Gasteiger partial charge in [-0.2, -0.15) is 0 Å². The Morgan fingerprint density at radius 1 is 1.32 bits per heavy atom. The molecule has 19 heavy (non-hydrogen) atoms. The molecule has 0 saturated heterocycles. The normalized spacial score (nSPS) is 16.5. The maximum absolute atomic E-state index is 9.80. The Bertz CT molecular complexity index is 377. The lowest BCUT2D eigenvalue weighted by Crippen LogP contribution is -2.30. The van der Waals surface area contributed by atoms with Gasteiger partial charge in [0.15, 0.2) is 0 Å². The predicted octanol–water partition coefficient (Wildman–Crippen LogP) is 2.13. The van der Waals surface area contributed by atoms with E-state index in [0.29, 0.717) is 13.2 Å². The van der Waals surface area contributed by atoms with Crippen LogP contribution in [-0.2, 0) is 17.7 Å². The average molecular weight is 263 g/mol. The van der Waals surface area contributed by atoms with E-state index < -0.39 is 6.10 Å². The van der Waals surface area contributed by atoms with E-state index in [0.717, 1.165) is 25.5 Å². The molecule has 0 spiro atoms. The number of benzene rings is 1. The summed E-state index contributed by atoms with van der Waals surface area (Å²) in [7, 11) is 0. The zero-order valence-electron chi connectivity index (χ0n) is 11.8. The molecule has 1 unspecified atom stereocenters. The number of aliphatic hydroxyl groups is 1. The fourth-order valence-electron chi connectivity index (χ4n) is 2.16. The van der Waals surface area contributed by atoms with Crippen molar-refractivity contribution >= 4 is 0 Å². The number of hydrogen-bond acceptors (Lipinski definition) is 3. The minimum absolute atomic E-state index is 0.410. The quantitative estimate of drug-likeness (QED) is 0.717. The Labute approximate surface area is 116 Å². The fourth-order valence-corrected chi connectivity index (χ4v) is 2.16. The summed E-state index contributed by atoms with van der Waals surface area (Å²) in [4.78, 5) is 0. The van der Waals surface area contributed by atoms with E-state index in [-0.39, 0.29) is 0 Å². The maximum Gasteiger partial charge on any atom is 0.0897 e. The third-order valence-electron chi connectivity index (χ3n) is 3.56. The Balaban J connectivity index is 1.61. The van der Waals surface area contributed by atoms with E-state index in [1.54, 1.807) is 0 Å². The second-order valence-electron chi connectivity index (χ2n) is 5.39. The average Bonchev–Trinajstić information content (AvgIpc) is 3.23. The van der Waals surface area contributed by atoms with Crippen molar-refractivity contribution in [2.75, 3.05) is 19.8 Å². The van der Waals surface area contributed by atoms with Crippen LogP contribution in [0.5, 0.6) is 0 Å². The van der Waals surface area contributed by atoms with Crippen molar-refractivity contribution in [3.05, 3.63) is 35.4 Å². The van der Waals surface area contributed by atoms with Crippen LogP contribution in [-0.4, -0.2) is 31.0 Å². The van der Waals surface area contributed by atoms with Gasteiger partial charge in [-0.25, -0.2) is 0 Å². The van der Waals surface area contributed by atoms with Gasteiger partial charge in [0, 0.05) is 19.7 Å². The highest BCUT2D eigenvalue weighted by Crippen LogP contribution is 2.28. The summed E-state index contributed by atoms with van der Waals surface area (Å²) in [6.07, 6.45) is 3.22. The largest absolute Gasteiger partial charge is 0.389 e. The first-order valence-electron chi connectivity index (χ1n) is 7.33. The van der Waals surface area contributed by atoms with Crippen LogP contribution in [0, 0.1) is 5.92 Å². The van der Waals surface area contributed by atoms with Crippen LogP contribution in [0.1, 0.15) is 30.9 Å². The zero-order valence-corrected chi connectivity index (χ0v) is 11.8. The summed E-state index contributed by atoms with van der Waals surface area (Å²) in [5, 5.41) is 13.1. The van der Waals surface area contributed by atoms with Gasteiger partial charge in [0.1, 0.15) is 0 Å². The SMILES string of the molecule is CCc1ccccc1CNCC(O)COCC1CC1. The molecule has 1 fully saturated rings. The van der Waals surface area contributed by atoms with E-state index in [2.05, 4.69) is 36.5 Å². The van der Waals surface area contributed by atoms with E-state index in [1.807, 2.05) is 0 Å². The van der Waals surface area contributed by atoms with Gasteiger partial charge >= 0.3 is 0 Å². The van der Waals surface area contributed by atoms with Crippen LogP contribution in [0.15, 0.2) is 24.3 Å². The highest BCUT2D eigenvalue weighted by atomic mass is 16.5. The molecule has 3 heteroatoms. The van der Waals surface area contributed by atoms with Crippen LogP contribution in [0.2, 0.25) is 0 Å². The van der Waals surface area contributed by atoms with Crippen LogP contribution < -0.4 is 5.32 Å². The summed E-state index contributed by atoms with van der Waals surface area (Å²) in [5.41, 5.74) is 2.69. The van der Waals surface area contributed by atoms with Gasteiger partial charge in [-0.1, -0.05) is 31.2 Å². The highest BCUT2D eigenvalue weighted by Gasteiger charge is 2.21. The van der Waals surface area contributed by atoms with Gasteiger partial charge in [-0.3, -0.25) is 0 Å². The number of aliphatic hydroxyl groups excluding tert-OH is 1. The summed E-state index contributed by atoms with van der Waals surface area (Å²) in [6, 6.07) is 8.43. The van der Waals surface area contributed by atoms with E-state index in [1.165, 1.54) is 24.0 Å². The number of nitrogens with one attached hydrogen (secondary N) is 1. The third-order valence-corrected chi connectivity index (χ3v) is 3.56. The molecule has 3 nitrogen and oxygen atoms in total. The maximum atomic E-state index is 9.80. The lowest BCUT2D eigenvalue weighted by atomic mass is 10.1. The molecule has 1 atom stereocenters. The monoisotopic (exact) mass is 263 g/mol. The number of rotatable bonds is 9. The summed E-state index contributed by atoms with van der Waals surface area (Å²) in [6.45, 7) is 4.82. The van der Waals surface area contributed by atoms with Crippen molar-refractivity contribution in [1.29, 1.82) is 0 Å². The van der Waals surface area contributed by atoms with Crippen molar-refractivity contribution in [3.63, 3.8) is 0 Å². The lowest BCUT2D eigenvalue weighted by molar-refractivity contribution is 0.0324. The molecule has 0 amide bonds. The Kier molecular flexibility index (Phi) is 5.83. The lowest BCUT2D eigenvalue weighted by Gasteiger charge is -2.13. The van der Waals surface area contributed by atoms with Crippen molar-refractivity contribution in [2.24, 2.45) is 5.92 Å². The topological polar surface area (TPSA) is 41.5 Å². The predicted molar refractivity (Wildman–Crippen MR) is 77.1 cm³/mol. The number of ether oxygens (including phenoxy) is 1. The van der Waals surface area contributed by atoms with E-state index >= 15 is 0 Å². The van der Waals surface area contributed by atoms with Crippen molar-refractivity contribution in [2.45, 2.75) is 38.8 Å². The van der Waals surface area contributed by atoms with Crippen LogP contribution in [0.3, 0.4) is 0 Å².